The van der Waals surface area contributed by atoms with E-state index < -0.39 is 10.8 Å². The summed E-state index contributed by atoms with van der Waals surface area (Å²) in [5, 5.41) is 3.36. The van der Waals surface area contributed by atoms with Crippen LogP contribution in [0.2, 0.25) is 0 Å². The number of carbonyl (C=O) groups excluding carboxylic acids is 1. The Labute approximate surface area is 173 Å². The van der Waals surface area contributed by atoms with Crippen LogP contribution >= 0.6 is 0 Å². The molecule has 2 rings (SSSR count). The highest BCUT2D eigenvalue weighted by atomic mass is 32.2. The Balaban J connectivity index is 1.86. The van der Waals surface area contributed by atoms with E-state index in [1.54, 1.807) is 0 Å². The van der Waals surface area contributed by atoms with Gasteiger partial charge < -0.3 is 15.1 Å². The molecule has 2 saturated heterocycles. The van der Waals surface area contributed by atoms with Gasteiger partial charge in [0.2, 0.25) is 5.91 Å². The van der Waals surface area contributed by atoms with Crippen LogP contribution in [0.1, 0.15) is 47.5 Å². The van der Waals surface area contributed by atoms with Crippen molar-refractivity contribution in [1.29, 1.82) is 0 Å². The molecule has 1 amide bonds. The minimum atomic E-state index is -0.885. The zero-order valence-electron chi connectivity index (χ0n) is 18.4. The highest BCUT2D eigenvalue weighted by Gasteiger charge is 2.30. The minimum Gasteiger partial charge on any atom is -0.357 e. The number of rotatable bonds is 6. The lowest BCUT2D eigenvalue weighted by molar-refractivity contribution is -0.135. The number of nitrogens with zero attached hydrogens (tertiary/aromatic N) is 4. The van der Waals surface area contributed by atoms with Gasteiger partial charge in [-0.05, 0) is 47.5 Å². The second-order valence-corrected chi connectivity index (χ2v) is 11.0. The Morgan fingerprint density at radius 2 is 1.68 bits per heavy atom. The fraction of sp³-hybridized carbons (Fsp3) is 0.900. The Kier molecular flexibility index (Phi) is 8.74. The zero-order chi connectivity index (χ0) is 20.7. The van der Waals surface area contributed by atoms with Crippen molar-refractivity contribution in [2.45, 2.75) is 58.2 Å². The minimum absolute atomic E-state index is 0.0472. The lowest BCUT2D eigenvalue weighted by Gasteiger charge is -2.39. The molecule has 0 aromatic rings. The Hall–Kier alpha value is -1.15. The Morgan fingerprint density at radius 1 is 1.07 bits per heavy atom. The summed E-state index contributed by atoms with van der Waals surface area (Å²) in [5.74, 6) is 1.75. The standard InChI is InChI=1S/C20H39N5O2S/c1-6-21-19(22-9-16-28(27)20(3,4)5)25-14-12-23(13-15-25)17(2)18(26)24-10-7-8-11-24/h17H,6-16H2,1-5H3,(H,21,22). The maximum Gasteiger partial charge on any atom is 0.239 e. The summed E-state index contributed by atoms with van der Waals surface area (Å²) in [6.45, 7) is 16.7. The van der Waals surface area contributed by atoms with Gasteiger partial charge in [-0.2, -0.15) is 0 Å². The summed E-state index contributed by atoms with van der Waals surface area (Å²) in [5.41, 5.74) is 0. The fourth-order valence-corrected chi connectivity index (χ4v) is 4.51. The van der Waals surface area contributed by atoms with E-state index in [-0.39, 0.29) is 16.7 Å². The molecule has 2 aliphatic heterocycles. The molecule has 2 atom stereocenters. The van der Waals surface area contributed by atoms with Gasteiger partial charge in [0, 0.05) is 67.1 Å². The van der Waals surface area contributed by atoms with Crippen molar-refractivity contribution in [3.8, 4) is 0 Å². The number of nitrogens with one attached hydrogen (secondary N) is 1. The molecule has 2 heterocycles. The summed E-state index contributed by atoms with van der Waals surface area (Å²) in [6.07, 6.45) is 2.27. The molecule has 0 radical (unpaired) electrons. The first-order valence-corrected chi connectivity index (χ1v) is 12.0. The number of hydrogen-bond acceptors (Lipinski definition) is 4. The topological polar surface area (TPSA) is 68.2 Å². The van der Waals surface area contributed by atoms with Crippen molar-refractivity contribution in [2.75, 3.05) is 58.1 Å². The van der Waals surface area contributed by atoms with Crippen LogP contribution in [0.15, 0.2) is 4.99 Å². The van der Waals surface area contributed by atoms with Gasteiger partial charge >= 0.3 is 0 Å². The second-order valence-electron chi connectivity index (χ2n) is 8.63. The van der Waals surface area contributed by atoms with Crippen molar-refractivity contribution in [2.24, 2.45) is 4.99 Å². The van der Waals surface area contributed by atoms with Gasteiger partial charge in [0.05, 0.1) is 12.6 Å². The van der Waals surface area contributed by atoms with Gasteiger partial charge in [0.25, 0.3) is 0 Å². The van der Waals surface area contributed by atoms with Crippen LogP contribution < -0.4 is 5.32 Å². The lowest BCUT2D eigenvalue weighted by atomic mass is 10.2. The van der Waals surface area contributed by atoms with E-state index in [2.05, 4.69) is 22.0 Å². The van der Waals surface area contributed by atoms with Crippen molar-refractivity contribution >= 4 is 22.7 Å². The molecule has 2 aliphatic rings. The van der Waals surface area contributed by atoms with E-state index in [9.17, 15) is 9.00 Å². The van der Waals surface area contributed by atoms with Crippen LogP contribution in [0.25, 0.3) is 0 Å². The largest absolute Gasteiger partial charge is 0.357 e. The van der Waals surface area contributed by atoms with Gasteiger partial charge in [-0.1, -0.05) is 0 Å². The zero-order valence-corrected chi connectivity index (χ0v) is 19.2. The molecule has 0 bridgehead atoms. The summed E-state index contributed by atoms with van der Waals surface area (Å²) < 4.78 is 12.0. The van der Waals surface area contributed by atoms with Gasteiger partial charge in [0.1, 0.15) is 0 Å². The first kappa shape index (κ1) is 23.1. The highest BCUT2D eigenvalue weighted by Crippen LogP contribution is 2.14. The van der Waals surface area contributed by atoms with Crippen LogP contribution in [0.3, 0.4) is 0 Å². The van der Waals surface area contributed by atoms with Crippen LogP contribution in [0, 0.1) is 0 Å². The molecule has 0 spiro atoms. The van der Waals surface area contributed by atoms with Crippen LogP contribution in [0.5, 0.6) is 0 Å². The van der Waals surface area contributed by atoms with Crippen LogP contribution in [-0.2, 0) is 15.6 Å². The second kappa shape index (κ2) is 10.6. The van der Waals surface area contributed by atoms with Crippen LogP contribution in [-0.4, -0.2) is 99.7 Å². The number of hydrogen-bond donors (Lipinski definition) is 1. The SMILES string of the molecule is CCNC(=NCCS(=O)C(C)(C)C)N1CCN(C(C)C(=O)N2CCCC2)CC1. The number of carbonyl (C=O) groups is 1. The third-order valence-corrected chi connectivity index (χ3v) is 7.41. The molecule has 162 valence electrons. The van der Waals surface area contributed by atoms with E-state index in [1.807, 2.05) is 32.6 Å². The third kappa shape index (κ3) is 6.44. The smallest absolute Gasteiger partial charge is 0.239 e. The monoisotopic (exact) mass is 413 g/mol. The molecular formula is C20H39N5O2S. The summed E-state index contributed by atoms with van der Waals surface area (Å²) in [7, 11) is -0.885. The van der Waals surface area contributed by atoms with Crippen LogP contribution in [0.4, 0.5) is 0 Å². The summed E-state index contributed by atoms with van der Waals surface area (Å²) >= 11 is 0. The molecule has 0 aliphatic carbocycles. The maximum absolute atomic E-state index is 12.7. The molecular weight excluding hydrogens is 374 g/mol. The van der Waals surface area contributed by atoms with E-state index in [0.717, 1.165) is 64.6 Å². The Morgan fingerprint density at radius 3 is 2.21 bits per heavy atom. The van der Waals surface area contributed by atoms with Crippen molar-refractivity contribution in [3.63, 3.8) is 0 Å². The van der Waals surface area contributed by atoms with Gasteiger partial charge in [-0.15, -0.1) is 0 Å². The van der Waals surface area contributed by atoms with Gasteiger partial charge in [0.15, 0.2) is 5.96 Å². The predicted octanol–water partition coefficient (Wildman–Crippen LogP) is 1.13. The molecule has 2 fully saturated rings. The van der Waals surface area contributed by atoms with E-state index in [0.29, 0.717) is 12.3 Å². The van der Waals surface area contributed by atoms with Gasteiger partial charge in [-0.3, -0.25) is 18.9 Å². The normalized spacial score (nSPS) is 21.7. The van der Waals surface area contributed by atoms with Gasteiger partial charge in [-0.25, -0.2) is 0 Å². The molecule has 0 aromatic carbocycles. The summed E-state index contributed by atoms with van der Waals surface area (Å²) in [6, 6.07) is -0.0472. The highest BCUT2D eigenvalue weighted by molar-refractivity contribution is 7.86. The Bertz CT molecular complexity index is 561. The quantitative estimate of drug-likeness (QED) is 0.522. The third-order valence-electron chi connectivity index (χ3n) is 5.49. The van der Waals surface area contributed by atoms with Crippen molar-refractivity contribution < 1.29 is 9.00 Å². The predicted molar refractivity (Wildman–Crippen MR) is 117 cm³/mol. The number of piperazine rings is 1. The molecule has 0 aromatic heterocycles. The van der Waals surface area contributed by atoms with E-state index in [4.69, 9.17) is 4.99 Å². The lowest BCUT2D eigenvalue weighted by Crippen LogP contribution is -2.57. The summed E-state index contributed by atoms with van der Waals surface area (Å²) in [4.78, 5) is 23.9. The molecule has 2 unspecified atom stereocenters. The maximum atomic E-state index is 12.7. The first-order chi connectivity index (χ1) is 13.2. The molecule has 0 saturated carbocycles. The number of guanidine groups is 1. The molecule has 28 heavy (non-hydrogen) atoms. The number of amides is 1. The average Bonchev–Trinajstić information content (AvgIpc) is 3.20. The molecule has 8 heteroatoms. The molecule has 1 N–H and O–H groups in total. The number of aliphatic imine (C=N–C) groups is 1. The van der Waals surface area contributed by atoms with E-state index >= 15 is 0 Å². The average molecular weight is 414 g/mol. The number of likely N-dealkylation sites (tertiary alicyclic amines) is 1. The first-order valence-electron chi connectivity index (χ1n) is 10.7. The fourth-order valence-electron chi connectivity index (χ4n) is 3.65. The van der Waals surface area contributed by atoms with E-state index in [1.165, 1.54) is 0 Å². The molecule has 7 nitrogen and oxygen atoms in total. The van der Waals surface area contributed by atoms with Crippen molar-refractivity contribution in [1.82, 2.24) is 20.0 Å². The van der Waals surface area contributed by atoms with Crippen molar-refractivity contribution in [3.05, 3.63) is 0 Å².